The molecule has 1 aromatic heterocycles. The first kappa shape index (κ1) is 36.0. The zero-order valence-corrected chi connectivity index (χ0v) is 34.1. The molecule has 0 N–H and O–H groups in total. The van der Waals surface area contributed by atoms with Crippen LogP contribution in [-0.2, 0) is 5.41 Å². The van der Waals surface area contributed by atoms with Crippen LogP contribution in [0.3, 0.4) is 0 Å². The van der Waals surface area contributed by atoms with Crippen LogP contribution in [0, 0.1) is 0 Å². The average molecular weight is 792 g/mol. The minimum Gasteiger partial charge on any atom is -0.310 e. The lowest BCUT2D eigenvalue weighted by Crippen LogP contribution is -2.28. The Bertz CT molecular complexity index is 3130. The second-order valence-corrected chi connectivity index (χ2v) is 16.4. The summed E-state index contributed by atoms with van der Waals surface area (Å²) in [5, 5.41) is 0. The van der Waals surface area contributed by atoms with Crippen molar-refractivity contribution in [3.8, 4) is 56.2 Å². The van der Waals surface area contributed by atoms with Crippen LogP contribution < -0.4 is 4.90 Å². The molecule has 0 bridgehead atoms. The van der Waals surface area contributed by atoms with Gasteiger partial charge in [-0.2, -0.15) is 0 Å². The first-order chi connectivity index (χ1) is 30.8. The molecule has 0 amide bonds. The Morgan fingerprint density at radius 2 is 0.968 bits per heavy atom. The number of rotatable bonds is 7. The molecule has 0 aliphatic heterocycles. The largest absolute Gasteiger partial charge is 0.310 e. The minimum absolute atomic E-state index is 0.381. The number of aromatic nitrogens is 2. The summed E-state index contributed by atoms with van der Waals surface area (Å²) in [5.41, 5.74) is 21.0. The molecule has 1 spiro atoms. The highest BCUT2D eigenvalue weighted by molar-refractivity contribution is 5.99. The Kier molecular flexibility index (Phi) is 8.53. The van der Waals surface area contributed by atoms with Gasteiger partial charge in [0.15, 0.2) is 5.82 Å². The van der Waals surface area contributed by atoms with Gasteiger partial charge < -0.3 is 4.90 Å². The molecular formula is C59H41N3. The van der Waals surface area contributed by atoms with Crippen molar-refractivity contribution in [2.45, 2.75) is 18.3 Å². The van der Waals surface area contributed by atoms with E-state index in [9.17, 15) is 0 Å². The van der Waals surface area contributed by atoms with Gasteiger partial charge in [0, 0.05) is 33.6 Å². The third-order valence-corrected chi connectivity index (χ3v) is 13.0. The van der Waals surface area contributed by atoms with Gasteiger partial charge in [0.25, 0.3) is 0 Å². The topological polar surface area (TPSA) is 29.0 Å². The molecule has 1 heterocycles. The third-order valence-electron chi connectivity index (χ3n) is 13.0. The first-order valence-corrected chi connectivity index (χ1v) is 21.5. The maximum atomic E-state index is 5.25. The molecule has 3 heteroatoms. The molecule has 3 aliphatic rings. The maximum Gasteiger partial charge on any atom is 0.160 e. The lowest BCUT2D eigenvalue weighted by Gasteiger charge is -2.34. The summed E-state index contributed by atoms with van der Waals surface area (Å²) in [4.78, 5) is 12.8. The van der Waals surface area contributed by atoms with Crippen molar-refractivity contribution >= 4 is 22.6 Å². The van der Waals surface area contributed by atoms with E-state index in [2.05, 4.69) is 205 Å². The van der Waals surface area contributed by atoms with E-state index < -0.39 is 0 Å². The van der Waals surface area contributed by atoms with Gasteiger partial charge in [0.1, 0.15) is 0 Å². The molecular weight excluding hydrogens is 751 g/mol. The zero-order chi connectivity index (χ0) is 41.0. The van der Waals surface area contributed by atoms with Crippen molar-refractivity contribution in [1.82, 2.24) is 9.97 Å². The monoisotopic (exact) mass is 791 g/mol. The lowest BCUT2D eigenvalue weighted by atomic mass is 9.68. The number of allylic oxidation sites excluding steroid dienone is 4. The van der Waals surface area contributed by atoms with Crippen LogP contribution in [0.25, 0.3) is 61.7 Å². The molecule has 8 aromatic carbocycles. The van der Waals surface area contributed by atoms with Gasteiger partial charge in [-0.15, -0.1) is 0 Å². The molecule has 12 rings (SSSR count). The molecule has 3 aliphatic carbocycles. The number of para-hydroxylation sites is 1. The second kappa shape index (κ2) is 14.7. The van der Waals surface area contributed by atoms with Crippen LogP contribution in [-0.4, -0.2) is 9.97 Å². The fraction of sp³-hybridized carbons (Fsp3) is 0.0508. The summed E-state index contributed by atoms with van der Waals surface area (Å²) in [5.74, 6) is 0.699. The average Bonchev–Trinajstić information content (AvgIpc) is 3.82. The summed E-state index contributed by atoms with van der Waals surface area (Å²) in [7, 11) is 0. The van der Waals surface area contributed by atoms with Gasteiger partial charge in [-0.05, 0) is 99.3 Å². The number of benzene rings is 8. The number of nitrogens with zero attached hydrogens (tertiary/aromatic N) is 3. The third kappa shape index (κ3) is 5.66. The van der Waals surface area contributed by atoms with E-state index in [0.29, 0.717) is 5.82 Å². The standard InChI is InChI=1S/C59H41N3/c1-4-19-40(20-5-1)46-27-13-17-34-57(46)62(44-26-18-25-43(37-44)56-39-55(41-21-6-2-7-22-41)60-58(61-56)42-23-8-3-9-24-42)45-35-36-50-49-30-12-16-33-53(49)59(54(50)38-45)51-31-14-10-28-47(51)48-29-11-15-32-52(48)59/h1-15,17-32,34-39H,16,33H2. The van der Waals surface area contributed by atoms with Crippen molar-refractivity contribution in [2.24, 2.45) is 0 Å². The van der Waals surface area contributed by atoms with Crippen molar-refractivity contribution in [1.29, 1.82) is 0 Å². The SMILES string of the molecule is C1=CC2=C(CC1)C1(c3cc(N(c4cccc(-c5cc(-c6ccccc6)nc(-c6ccccc6)n5)c4)c4ccccc4-c4ccccc4)ccc32)c2ccccc2-c2ccccc21. The van der Waals surface area contributed by atoms with Crippen LogP contribution in [0.15, 0.2) is 230 Å². The number of hydrogen-bond donors (Lipinski definition) is 0. The van der Waals surface area contributed by atoms with Crippen LogP contribution in [0.5, 0.6) is 0 Å². The molecule has 0 unspecified atom stereocenters. The van der Waals surface area contributed by atoms with Crippen molar-refractivity contribution < 1.29 is 0 Å². The van der Waals surface area contributed by atoms with Crippen LogP contribution in [0.1, 0.15) is 35.1 Å². The van der Waals surface area contributed by atoms with Crippen molar-refractivity contribution in [3.63, 3.8) is 0 Å². The predicted octanol–water partition coefficient (Wildman–Crippen LogP) is 15.0. The number of hydrogen-bond acceptors (Lipinski definition) is 3. The number of anilines is 3. The molecule has 0 saturated carbocycles. The molecule has 0 saturated heterocycles. The van der Waals surface area contributed by atoms with Crippen LogP contribution in [0.4, 0.5) is 17.1 Å². The van der Waals surface area contributed by atoms with E-state index in [-0.39, 0.29) is 5.41 Å². The van der Waals surface area contributed by atoms with E-state index in [1.165, 1.54) is 50.1 Å². The van der Waals surface area contributed by atoms with Gasteiger partial charge in [0.2, 0.25) is 0 Å². The number of fused-ring (bicyclic) bond motifs is 9. The Balaban J connectivity index is 1.09. The van der Waals surface area contributed by atoms with E-state index in [1.54, 1.807) is 0 Å². The molecule has 0 radical (unpaired) electrons. The smallest absolute Gasteiger partial charge is 0.160 e. The normalized spacial score (nSPS) is 14.0. The van der Waals surface area contributed by atoms with E-state index in [1.807, 2.05) is 24.3 Å². The summed E-state index contributed by atoms with van der Waals surface area (Å²) >= 11 is 0. The second-order valence-electron chi connectivity index (χ2n) is 16.4. The highest BCUT2D eigenvalue weighted by Crippen LogP contribution is 2.64. The Labute approximate surface area is 362 Å². The molecule has 9 aromatic rings. The van der Waals surface area contributed by atoms with Crippen molar-refractivity contribution in [2.75, 3.05) is 4.90 Å². The molecule has 0 fully saturated rings. The van der Waals surface area contributed by atoms with Gasteiger partial charge in [0.05, 0.1) is 22.5 Å². The minimum atomic E-state index is -0.381. The summed E-state index contributed by atoms with van der Waals surface area (Å²) in [6.45, 7) is 0. The van der Waals surface area contributed by atoms with Gasteiger partial charge in [-0.3, -0.25) is 0 Å². The van der Waals surface area contributed by atoms with Gasteiger partial charge in [-0.1, -0.05) is 188 Å². The first-order valence-electron chi connectivity index (χ1n) is 21.5. The summed E-state index contributed by atoms with van der Waals surface area (Å²) < 4.78 is 0. The van der Waals surface area contributed by atoms with E-state index in [4.69, 9.17) is 9.97 Å². The molecule has 292 valence electrons. The fourth-order valence-electron chi connectivity index (χ4n) is 10.4. The quantitative estimate of drug-likeness (QED) is 0.161. The predicted molar refractivity (Wildman–Crippen MR) is 256 cm³/mol. The Morgan fingerprint density at radius 3 is 1.68 bits per heavy atom. The van der Waals surface area contributed by atoms with E-state index in [0.717, 1.165) is 63.5 Å². The molecule has 0 atom stereocenters. The summed E-state index contributed by atoms with van der Waals surface area (Å²) in [6.07, 6.45) is 6.80. The molecule has 62 heavy (non-hydrogen) atoms. The summed E-state index contributed by atoms with van der Waals surface area (Å²) in [6, 6.07) is 76.7. The van der Waals surface area contributed by atoms with Gasteiger partial charge >= 0.3 is 0 Å². The fourth-order valence-corrected chi connectivity index (χ4v) is 10.4. The highest BCUT2D eigenvalue weighted by Gasteiger charge is 2.52. The highest BCUT2D eigenvalue weighted by atomic mass is 15.1. The van der Waals surface area contributed by atoms with Crippen LogP contribution in [0.2, 0.25) is 0 Å². The maximum absolute atomic E-state index is 5.25. The van der Waals surface area contributed by atoms with E-state index >= 15 is 0 Å². The Morgan fingerprint density at radius 1 is 0.403 bits per heavy atom. The van der Waals surface area contributed by atoms with Gasteiger partial charge in [-0.25, -0.2) is 9.97 Å². The Hall–Kier alpha value is -7.88. The lowest BCUT2D eigenvalue weighted by molar-refractivity contribution is 0.714. The zero-order valence-electron chi connectivity index (χ0n) is 34.1. The van der Waals surface area contributed by atoms with Crippen molar-refractivity contribution in [3.05, 3.63) is 252 Å². The van der Waals surface area contributed by atoms with Crippen LogP contribution >= 0.6 is 0 Å². The molecule has 3 nitrogen and oxygen atoms in total.